The van der Waals surface area contributed by atoms with Crippen molar-refractivity contribution < 1.29 is 9.53 Å². The second-order valence-corrected chi connectivity index (χ2v) is 4.72. The van der Waals surface area contributed by atoms with Crippen LogP contribution in [-0.2, 0) is 6.54 Å². The lowest BCUT2D eigenvalue weighted by molar-refractivity contribution is 0.0952. The Bertz CT molecular complexity index is 622. The van der Waals surface area contributed by atoms with E-state index in [1.54, 1.807) is 29.1 Å². The number of aryl methyl sites for hydroxylation is 1. The second kappa shape index (κ2) is 6.78. The molecule has 0 radical (unpaired) electrons. The number of carbonyl (C=O) groups is 1. The Hall–Kier alpha value is -2.50. The van der Waals surface area contributed by atoms with Gasteiger partial charge >= 0.3 is 0 Å². The van der Waals surface area contributed by atoms with Gasteiger partial charge in [0.25, 0.3) is 5.91 Å². The van der Waals surface area contributed by atoms with Crippen molar-refractivity contribution in [3.05, 3.63) is 41.7 Å². The predicted molar refractivity (Wildman–Crippen MR) is 81.3 cm³/mol. The van der Waals surface area contributed by atoms with Crippen LogP contribution >= 0.6 is 0 Å². The molecule has 1 aromatic carbocycles. The van der Waals surface area contributed by atoms with Crippen molar-refractivity contribution in [1.29, 1.82) is 0 Å². The van der Waals surface area contributed by atoms with Gasteiger partial charge in [-0.15, -0.1) is 0 Å². The summed E-state index contributed by atoms with van der Waals surface area (Å²) < 4.78 is 7.14. The Morgan fingerprint density at radius 1 is 1.48 bits per heavy atom. The fourth-order valence-electron chi connectivity index (χ4n) is 1.95. The molecule has 2 aromatic rings. The third-order valence-corrected chi connectivity index (χ3v) is 2.96. The minimum absolute atomic E-state index is 0.159. The highest BCUT2D eigenvalue weighted by Gasteiger charge is 2.08. The van der Waals surface area contributed by atoms with Crippen LogP contribution in [0.25, 0.3) is 0 Å². The van der Waals surface area contributed by atoms with E-state index in [1.807, 2.05) is 20.0 Å². The molecule has 0 aliphatic heterocycles. The summed E-state index contributed by atoms with van der Waals surface area (Å²) in [6.07, 6.45) is 3.72. The number of hydrogen-bond donors (Lipinski definition) is 2. The molecule has 0 unspecified atom stereocenters. The van der Waals surface area contributed by atoms with Crippen molar-refractivity contribution in [3.63, 3.8) is 0 Å². The lowest BCUT2D eigenvalue weighted by Gasteiger charge is -2.09. The maximum atomic E-state index is 12.0. The van der Waals surface area contributed by atoms with Crippen LogP contribution in [0.2, 0.25) is 0 Å². The lowest BCUT2D eigenvalue weighted by Crippen LogP contribution is -2.27. The van der Waals surface area contributed by atoms with Crippen LogP contribution in [0.15, 0.2) is 30.6 Å². The zero-order chi connectivity index (χ0) is 15.2. The summed E-state index contributed by atoms with van der Waals surface area (Å²) in [5.74, 6) is 0.440. The molecule has 1 heterocycles. The number of amides is 1. The maximum Gasteiger partial charge on any atom is 0.251 e. The van der Waals surface area contributed by atoms with Crippen LogP contribution in [0.5, 0.6) is 5.75 Å². The Labute approximate surface area is 123 Å². The minimum Gasteiger partial charge on any atom is -0.492 e. The molecule has 1 aromatic heterocycles. The smallest absolute Gasteiger partial charge is 0.251 e. The summed E-state index contributed by atoms with van der Waals surface area (Å²) >= 11 is 0. The number of anilines is 1. The van der Waals surface area contributed by atoms with E-state index < -0.39 is 0 Å². The first-order valence-electron chi connectivity index (χ1n) is 6.89. The number of aromatic nitrogens is 2. The molecule has 112 valence electrons. The molecule has 6 heteroatoms. The number of hydrogen-bond acceptors (Lipinski definition) is 4. The molecule has 0 atom stereocenters. The summed E-state index contributed by atoms with van der Waals surface area (Å²) in [5, 5.41) is 7.00. The van der Waals surface area contributed by atoms with Crippen LogP contribution < -0.4 is 15.8 Å². The van der Waals surface area contributed by atoms with Gasteiger partial charge in [-0.3, -0.25) is 9.48 Å². The summed E-state index contributed by atoms with van der Waals surface area (Å²) in [6, 6.07) is 5.04. The van der Waals surface area contributed by atoms with Gasteiger partial charge < -0.3 is 15.8 Å². The minimum atomic E-state index is -0.159. The molecule has 0 bridgehead atoms. The Kier molecular flexibility index (Phi) is 4.81. The highest BCUT2D eigenvalue weighted by Crippen LogP contribution is 2.22. The summed E-state index contributed by atoms with van der Waals surface area (Å²) in [7, 11) is 0. The molecule has 0 fully saturated rings. The van der Waals surface area contributed by atoms with E-state index in [-0.39, 0.29) is 5.91 Å². The molecule has 1 amide bonds. The summed E-state index contributed by atoms with van der Waals surface area (Å²) in [4.78, 5) is 12.0. The molecule has 21 heavy (non-hydrogen) atoms. The van der Waals surface area contributed by atoms with Gasteiger partial charge in [0.05, 0.1) is 25.0 Å². The van der Waals surface area contributed by atoms with E-state index in [1.165, 1.54) is 0 Å². The van der Waals surface area contributed by atoms with Crippen LogP contribution in [0.1, 0.15) is 22.8 Å². The maximum absolute atomic E-state index is 12.0. The summed E-state index contributed by atoms with van der Waals surface area (Å²) in [6.45, 7) is 5.54. The van der Waals surface area contributed by atoms with Gasteiger partial charge in [0, 0.05) is 18.3 Å². The zero-order valence-corrected chi connectivity index (χ0v) is 12.3. The molecule has 0 aliphatic carbocycles. The number of benzene rings is 1. The van der Waals surface area contributed by atoms with Crippen molar-refractivity contribution >= 4 is 11.6 Å². The van der Waals surface area contributed by atoms with Gasteiger partial charge in [-0.05, 0) is 37.6 Å². The van der Waals surface area contributed by atoms with Gasteiger partial charge in [0.2, 0.25) is 0 Å². The molecule has 0 saturated carbocycles. The van der Waals surface area contributed by atoms with Crippen LogP contribution in [0, 0.1) is 6.92 Å². The van der Waals surface area contributed by atoms with Gasteiger partial charge in [0.1, 0.15) is 5.75 Å². The highest BCUT2D eigenvalue weighted by atomic mass is 16.5. The number of nitrogens with zero attached hydrogens (tertiary/aromatic N) is 2. The number of carbonyl (C=O) groups excluding carboxylic acids is 1. The molecule has 0 saturated heterocycles. The molecule has 0 aliphatic rings. The quantitative estimate of drug-likeness (QED) is 0.791. The average Bonchev–Trinajstić information content (AvgIpc) is 2.87. The van der Waals surface area contributed by atoms with Crippen LogP contribution in [0.4, 0.5) is 5.69 Å². The van der Waals surface area contributed by atoms with E-state index >= 15 is 0 Å². The van der Waals surface area contributed by atoms with E-state index in [0.29, 0.717) is 36.7 Å². The highest BCUT2D eigenvalue weighted by molar-refractivity contribution is 5.95. The fraction of sp³-hybridized carbons (Fsp3) is 0.333. The monoisotopic (exact) mass is 288 g/mol. The topological polar surface area (TPSA) is 82.2 Å². The lowest BCUT2D eigenvalue weighted by atomic mass is 10.1. The first-order chi connectivity index (χ1) is 10.1. The number of nitrogen functional groups attached to an aromatic ring is 1. The number of nitrogens with one attached hydrogen (secondary N) is 1. The van der Waals surface area contributed by atoms with Gasteiger partial charge in [-0.25, -0.2) is 0 Å². The zero-order valence-electron chi connectivity index (χ0n) is 12.3. The van der Waals surface area contributed by atoms with Gasteiger partial charge in [-0.1, -0.05) is 0 Å². The molecular weight excluding hydrogens is 268 g/mol. The molecule has 2 rings (SSSR count). The summed E-state index contributed by atoms with van der Waals surface area (Å²) in [5.41, 5.74) is 7.93. The Balaban J connectivity index is 1.89. The number of nitrogens with two attached hydrogens (primary N) is 1. The predicted octanol–water partition coefficient (Wildman–Crippen LogP) is 1.60. The third kappa shape index (κ3) is 3.98. The number of rotatable bonds is 6. The van der Waals surface area contributed by atoms with Crippen molar-refractivity contribution in [2.24, 2.45) is 0 Å². The van der Waals surface area contributed by atoms with Gasteiger partial charge in [0.15, 0.2) is 0 Å². The Morgan fingerprint density at radius 3 is 2.90 bits per heavy atom. The fourth-order valence-corrected chi connectivity index (χ4v) is 1.95. The van der Waals surface area contributed by atoms with Crippen molar-refractivity contribution in [1.82, 2.24) is 15.1 Å². The number of ether oxygens (including phenoxy) is 1. The van der Waals surface area contributed by atoms with Gasteiger partial charge in [-0.2, -0.15) is 5.10 Å². The molecule has 6 nitrogen and oxygen atoms in total. The van der Waals surface area contributed by atoms with E-state index in [4.69, 9.17) is 10.5 Å². The van der Waals surface area contributed by atoms with Crippen LogP contribution in [0.3, 0.4) is 0 Å². The van der Waals surface area contributed by atoms with E-state index in [2.05, 4.69) is 10.4 Å². The van der Waals surface area contributed by atoms with Crippen molar-refractivity contribution in [3.8, 4) is 5.75 Å². The SMILES string of the molecule is CCOc1ccc(C(=O)NCCn2cc(C)cn2)cc1N. The Morgan fingerprint density at radius 2 is 2.29 bits per heavy atom. The second-order valence-electron chi connectivity index (χ2n) is 4.72. The van der Waals surface area contributed by atoms with E-state index in [9.17, 15) is 4.79 Å². The average molecular weight is 288 g/mol. The molecule has 3 N–H and O–H groups in total. The largest absolute Gasteiger partial charge is 0.492 e. The van der Waals surface area contributed by atoms with Crippen molar-refractivity contribution in [2.45, 2.75) is 20.4 Å². The molecular formula is C15H20N4O2. The molecule has 0 spiro atoms. The normalized spacial score (nSPS) is 10.4. The third-order valence-electron chi connectivity index (χ3n) is 2.96. The first-order valence-corrected chi connectivity index (χ1v) is 6.89. The van der Waals surface area contributed by atoms with E-state index in [0.717, 1.165) is 5.56 Å². The van der Waals surface area contributed by atoms with Crippen LogP contribution in [-0.4, -0.2) is 28.8 Å². The first kappa shape index (κ1) is 14.9. The van der Waals surface area contributed by atoms with Crippen molar-refractivity contribution in [2.75, 3.05) is 18.9 Å². The standard InChI is InChI=1S/C15H20N4O2/c1-3-21-14-5-4-12(8-13(14)16)15(20)17-6-7-19-10-11(2)9-18-19/h4-5,8-10H,3,6-7,16H2,1-2H3,(H,17,20).